The maximum atomic E-state index is 14.5. The summed E-state index contributed by atoms with van der Waals surface area (Å²) in [5.74, 6) is -2.72. The molecule has 1 aromatic carbocycles. The monoisotopic (exact) mass is 742 g/mol. The molecule has 2 aliphatic carbocycles. The first-order valence-corrected chi connectivity index (χ1v) is 19.5. The third-order valence-electron chi connectivity index (χ3n) is 11.0. The Kier molecular flexibility index (Phi) is 11.8. The zero-order valence-electron chi connectivity index (χ0n) is 32.3. The van der Waals surface area contributed by atoms with E-state index in [0.29, 0.717) is 24.9 Å². The van der Waals surface area contributed by atoms with Gasteiger partial charge in [0.15, 0.2) is 0 Å². The van der Waals surface area contributed by atoms with Crippen LogP contribution in [-0.2, 0) is 29.2 Å². The van der Waals surface area contributed by atoms with Crippen LogP contribution in [-0.4, -0.2) is 98.0 Å². The highest BCUT2D eigenvalue weighted by molar-refractivity contribution is 7.89. The van der Waals surface area contributed by atoms with Crippen molar-refractivity contribution in [2.45, 2.75) is 104 Å². The van der Waals surface area contributed by atoms with E-state index in [2.05, 4.69) is 27.8 Å². The van der Waals surface area contributed by atoms with E-state index in [-0.39, 0.29) is 41.2 Å². The van der Waals surface area contributed by atoms with E-state index in [9.17, 15) is 32.4 Å². The Morgan fingerprint density at radius 2 is 1.62 bits per heavy atom. The lowest BCUT2D eigenvalue weighted by atomic mass is 9.85. The van der Waals surface area contributed by atoms with Crippen molar-refractivity contribution >= 4 is 39.6 Å². The Labute approximate surface area is 309 Å². The van der Waals surface area contributed by atoms with Crippen molar-refractivity contribution < 1.29 is 32.4 Å². The number of nitrogens with one attached hydrogen (secondary N) is 4. The van der Waals surface area contributed by atoms with Gasteiger partial charge in [0, 0.05) is 32.7 Å². The van der Waals surface area contributed by atoms with Crippen molar-refractivity contribution in [3.8, 4) is 0 Å². The quantitative estimate of drug-likeness (QED) is 0.168. The van der Waals surface area contributed by atoms with E-state index in [0.717, 1.165) is 0 Å². The molecule has 0 aromatic heterocycles. The molecule has 1 heterocycles. The molecule has 1 unspecified atom stereocenters. The van der Waals surface area contributed by atoms with Gasteiger partial charge in [-0.3, -0.25) is 19.2 Å². The molecule has 4 rings (SSSR count). The highest BCUT2D eigenvalue weighted by atomic mass is 32.2. The Balaban J connectivity index is 1.53. The number of benzene rings is 1. The van der Waals surface area contributed by atoms with Gasteiger partial charge in [0.1, 0.15) is 18.1 Å². The van der Waals surface area contributed by atoms with Crippen molar-refractivity contribution in [2.24, 2.45) is 34.0 Å². The summed E-state index contributed by atoms with van der Waals surface area (Å²) in [6, 6.07) is 2.47. The minimum atomic E-state index is -3.87. The molecule has 3 aliphatic rings. The largest absolute Gasteiger partial charge is 0.346 e. The molecule has 0 spiro atoms. The summed E-state index contributed by atoms with van der Waals surface area (Å²) >= 11 is 0. The predicted molar refractivity (Wildman–Crippen MR) is 198 cm³/mol. The molecule has 3 fully saturated rings. The van der Waals surface area contributed by atoms with Gasteiger partial charge in [0.05, 0.1) is 4.90 Å². The van der Waals surface area contributed by atoms with Crippen LogP contribution in [0.15, 0.2) is 41.8 Å². The SMILES string of the molecule is C=CCNC(=O)C(=O)C(NC(=O)[C@@H]1[C@@H]2[C@H](CN1C(=O)[C@@H](NC(=O)N[C@H](CN(C)S(=O)(=O)c1ccccc1C)C(C)(C)C)C(C)(C)C)C2(C)C)C1CC1. The van der Waals surface area contributed by atoms with E-state index in [1.807, 2.05) is 55.4 Å². The van der Waals surface area contributed by atoms with Crippen molar-refractivity contribution in [3.63, 3.8) is 0 Å². The fourth-order valence-electron chi connectivity index (χ4n) is 7.32. The van der Waals surface area contributed by atoms with Crippen LogP contribution in [0.25, 0.3) is 0 Å². The third-order valence-corrected chi connectivity index (χ3v) is 13.0. The number of ketones is 1. The first kappa shape index (κ1) is 41.0. The maximum absolute atomic E-state index is 14.5. The highest BCUT2D eigenvalue weighted by Gasteiger charge is 2.70. The first-order chi connectivity index (χ1) is 23.9. The lowest BCUT2D eigenvalue weighted by molar-refractivity contribution is -0.145. The van der Waals surface area contributed by atoms with Gasteiger partial charge in [0.2, 0.25) is 27.6 Å². The molecule has 52 heavy (non-hydrogen) atoms. The molecule has 5 amide bonds. The van der Waals surface area contributed by atoms with Crippen LogP contribution >= 0.6 is 0 Å². The van der Waals surface area contributed by atoms with Gasteiger partial charge in [-0.2, -0.15) is 4.31 Å². The number of fused-ring (bicyclic) bond motifs is 1. The van der Waals surface area contributed by atoms with E-state index in [4.69, 9.17) is 0 Å². The number of nitrogens with zero attached hydrogens (tertiary/aromatic N) is 2. The Hall–Kier alpha value is -3.78. The van der Waals surface area contributed by atoms with Crippen molar-refractivity contribution in [1.82, 2.24) is 30.5 Å². The lowest BCUT2D eigenvalue weighted by Crippen LogP contribution is -2.63. The molecular formula is C38H58N6O7S. The second kappa shape index (κ2) is 14.9. The molecule has 6 atom stereocenters. The van der Waals surface area contributed by atoms with Gasteiger partial charge in [-0.05, 0) is 65.4 Å². The van der Waals surface area contributed by atoms with Crippen molar-refractivity contribution in [2.75, 3.05) is 26.7 Å². The summed E-state index contributed by atoms with van der Waals surface area (Å²) < 4.78 is 28.2. The number of rotatable bonds is 14. The summed E-state index contributed by atoms with van der Waals surface area (Å²) in [6.07, 6.45) is 2.86. The van der Waals surface area contributed by atoms with Gasteiger partial charge >= 0.3 is 6.03 Å². The van der Waals surface area contributed by atoms with E-state index >= 15 is 0 Å². The standard InChI is InChI=1S/C38H58N6O7S/c1-12-19-39-33(47)30(45)28(23-17-18-23)41-32(46)29-27-24(38(27,9)10)20-44(29)34(48)31(37(6,7)8)42-35(49)40-26(36(3,4)5)21-43(11)52(50,51)25-16-14-13-15-22(25)2/h12-16,23-24,26-29,31H,1,17-21H2,2-11H3,(H,39,47)(H,41,46)(H2,40,42,49)/t24-,26+,27-,28?,29-,31+/m0/s1. The average molecular weight is 743 g/mol. The molecule has 14 heteroatoms. The number of carbonyl (C=O) groups is 5. The Morgan fingerprint density at radius 3 is 2.15 bits per heavy atom. The van der Waals surface area contributed by atoms with E-state index in [1.54, 1.807) is 31.2 Å². The van der Waals surface area contributed by atoms with Gasteiger partial charge in [-0.25, -0.2) is 13.2 Å². The molecule has 0 bridgehead atoms. The Morgan fingerprint density at radius 1 is 1.00 bits per heavy atom. The summed E-state index contributed by atoms with van der Waals surface area (Å²) in [5.41, 5.74) is -0.962. The van der Waals surface area contributed by atoms with Crippen molar-refractivity contribution in [3.05, 3.63) is 42.5 Å². The van der Waals surface area contributed by atoms with Crippen LogP contribution < -0.4 is 21.3 Å². The fraction of sp³-hybridized carbons (Fsp3) is 0.658. The molecule has 4 N–H and O–H groups in total. The number of likely N-dealkylation sites (tertiary alicyclic amines) is 1. The number of Topliss-reactive ketones (excluding diaryl/α,β-unsaturated/α-hetero) is 1. The summed E-state index contributed by atoms with van der Waals surface area (Å²) in [4.78, 5) is 69.6. The van der Waals surface area contributed by atoms with Crippen LogP contribution in [0.1, 0.15) is 73.8 Å². The van der Waals surface area contributed by atoms with E-state index in [1.165, 1.54) is 22.3 Å². The second-order valence-electron chi connectivity index (χ2n) is 17.5. The minimum absolute atomic E-state index is 0.0268. The van der Waals surface area contributed by atoms with Crippen LogP contribution in [0, 0.1) is 40.9 Å². The number of likely N-dealkylation sites (N-methyl/N-ethyl adjacent to an activating group) is 1. The molecule has 1 aliphatic heterocycles. The number of sulfonamides is 1. The second-order valence-corrected chi connectivity index (χ2v) is 19.5. The Bertz CT molecular complexity index is 1690. The number of amides is 5. The number of urea groups is 1. The van der Waals surface area contributed by atoms with Gasteiger partial charge in [0.25, 0.3) is 5.91 Å². The summed E-state index contributed by atoms with van der Waals surface area (Å²) in [5, 5.41) is 11.1. The number of hydrogen-bond acceptors (Lipinski definition) is 7. The zero-order chi connectivity index (χ0) is 39.1. The number of carbonyl (C=O) groups excluding carboxylic acids is 5. The first-order valence-electron chi connectivity index (χ1n) is 18.1. The van der Waals surface area contributed by atoms with Crippen molar-refractivity contribution in [1.29, 1.82) is 0 Å². The third kappa shape index (κ3) is 8.70. The number of piperidine rings is 1. The molecule has 0 radical (unpaired) electrons. The zero-order valence-corrected chi connectivity index (χ0v) is 33.1. The molecule has 2 saturated carbocycles. The number of aryl methyl sites for hydroxylation is 1. The molecule has 13 nitrogen and oxygen atoms in total. The molecule has 1 saturated heterocycles. The fourth-order valence-corrected chi connectivity index (χ4v) is 8.73. The molecule has 288 valence electrons. The summed E-state index contributed by atoms with van der Waals surface area (Å²) in [6.45, 7) is 20.9. The number of hydrogen-bond donors (Lipinski definition) is 4. The van der Waals surface area contributed by atoms with Gasteiger partial charge < -0.3 is 26.2 Å². The van der Waals surface area contributed by atoms with Crippen LogP contribution in [0.5, 0.6) is 0 Å². The van der Waals surface area contributed by atoms with Crippen LogP contribution in [0.4, 0.5) is 4.79 Å². The lowest BCUT2D eigenvalue weighted by Gasteiger charge is -2.39. The molecular weight excluding hydrogens is 685 g/mol. The normalized spacial score (nSPS) is 22.8. The average Bonchev–Trinajstić information content (AvgIpc) is 3.92. The predicted octanol–water partition coefficient (Wildman–Crippen LogP) is 2.99. The minimum Gasteiger partial charge on any atom is -0.346 e. The highest BCUT2D eigenvalue weighted by Crippen LogP contribution is 2.65. The van der Waals surface area contributed by atoms with E-state index < -0.39 is 74.6 Å². The van der Waals surface area contributed by atoms with Gasteiger partial charge in [-0.1, -0.05) is 79.7 Å². The molecule has 1 aromatic rings. The smallest absolute Gasteiger partial charge is 0.315 e. The summed E-state index contributed by atoms with van der Waals surface area (Å²) in [7, 11) is -2.39. The van der Waals surface area contributed by atoms with Crippen LogP contribution in [0.3, 0.4) is 0 Å². The topological polar surface area (TPSA) is 174 Å². The maximum Gasteiger partial charge on any atom is 0.315 e. The van der Waals surface area contributed by atoms with Crippen LogP contribution in [0.2, 0.25) is 0 Å². The van der Waals surface area contributed by atoms with Gasteiger partial charge in [-0.15, -0.1) is 6.58 Å².